The van der Waals surface area contributed by atoms with Gasteiger partial charge in [-0.15, -0.1) is 0 Å². The number of benzene rings is 2. The number of piperazine rings is 1. The van der Waals surface area contributed by atoms with Crippen molar-refractivity contribution in [3.05, 3.63) is 59.9 Å². The van der Waals surface area contributed by atoms with E-state index in [2.05, 4.69) is 44.7 Å². The van der Waals surface area contributed by atoms with E-state index in [0.717, 1.165) is 92.4 Å². The Balaban J connectivity index is 1.33. The third-order valence-corrected chi connectivity index (χ3v) is 8.06. The van der Waals surface area contributed by atoms with Crippen molar-refractivity contribution < 1.29 is 9.90 Å². The molecule has 0 amide bonds. The summed E-state index contributed by atoms with van der Waals surface area (Å²) in [6.45, 7) is 6.79. The zero-order valence-electron chi connectivity index (χ0n) is 22.1. The van der Waals surface area contributed by atoms with Gasteiger partial charge in [-0.1, -0.05) is 24.3 Å². The van der Waals surface area contributed by atoms with Gasteiger partial charge in [-0.3, -0.25) is 4.79 Å². The van der Waals surface area contributed by atoms with Crippen molar-refractivity contribution >= 4 is 34.5 Å². The maximum Gasteiger partial charge on any atom is 0.227 e. The second-order valence-corrected chi connectivity index (χ2v) is 10.7. The van der Waals surface area contributed by atoms with Crippen LogP contribution in [0.5, 0.6) is 5.75 Å². The van der Waals surface area contributed by atoms with E-state index in [1.54, 1.807) is 6.08 Å². The van der Waals surface area contributed by atoms with Gasteiger partial charge in [-0.05, 0) is 38.0 Å². The summed E-state index contributed by atoms with van der Waals surface area (Å²) in [6, 6.07) is 12.4. The lowest BCUT2D eigenvalue weighted by atomic mass is 10.0. The van der Waals surface area contributed by atoms with Gasteiger partial charge in [0.2, 0.25) is 5.95 Å². The van der Waals surface area contributed by atoms with Crippen molar-refractivity contribution in [2.24, 2.45) is 0 Å². The normalized spacial score (nSPS) is 18.4. The van der Waals surface area contributed by atoms with Crippen LogP contribution >= 0.6 is 0 Å². The number of nitrogens with zero attached hydrogens (tertiary/aromatic N) is 7. The van der Waals surface area contributed by atoms with E-state index in [9.17, 15) is 9.90 Å². The Bertz CT molecular complexity index is 1360. The number of allylic oxidation sites excluding steroid dienone is 1. The average Bonchev–Trinajstić information content (AvgIpc) is 2.90. The molecule has 0 spiro atoms. The van der Waals surface area contributed by atoms with Crippen molar-refractivity contribution in [1.29, 1.82) is 0 Å². The summed E-state index contributed by atoms with van der Waals surface area (Å²) in [5.74, 6) is 2.14. The predicted molar refractivity (Wildman–Crippen MR) is 151 cm³/mol. The number of carbonyl (C=O) groups excluding carboxylic acids is 1. The lowest BCUT2D eigenvalue weighted by molar-refractivity contribution is -0.104. The summed E-state index contributed by atoms with van der Waals surface area (Å²) in [5.41, 5.74) is 3.34. The van der Waals surface area contributed by atoms with Crippen molar-refractivity contribution in [2.75, 3.05) is 74.6 Å². The van der Waals surface area contributed by atoms with Gasteiger partial charge in [-0.2, -0.15) is 4.98 Å². The number of aromatic nitrogens is 2. The zero-order chi connectivity index (χ0) is 26.2. The first-order valence-corrected chi connectivity index (χ1v) is 13.4. The largest absolute Gasteiger partial charge is 0.508 e. The standard InChI is InChI=1S/C29H35N7O2/c1-32(2)22-18-36(19-22)29-30-26-20-35(27-17-23(38)16-21-6-3-4-7-24(21)27)10-8-25(26)28(31-29)34-13-11-33(12-14-34)9-5-15-37/h3-7,9,15-17,22,38H,8,10-14,18-20H2,1-2H3. The van der Waals surface area contributed by atoms with E-state index >= 15 is 0 Å². The van der Waals surface area contributed by atoms with Gasteiger partial charge in [0, 0.05) is 80.8 Å². The number of fused-ring (bicyclic) bond motifs is 2. The third-order valence-electron chi connectivity index (χ3n) is 8.06. The number of aldehydes is 1. The number of phenolic OH excluding ortho intramolecular Hbond substituents is 1. The van der Waals surface area contributed by atoms with Crippen molar-refractivity contribution in [3.63, 3.8) is 0 Å². The summed E-state index contributed by atoms with van der Waals surface area (Å²) in [5, 5.41) is 12.6. The number of phenols is 1. The SMILES string of the molecule is CN(C)C1CN(c2nc3c(c(N4CCN(C=CC=O)CC4)n2)CCN(c2cc(O)cc4ccccc24)C3)C1. The fraction of sp³-hybridized carbons (Fsp3) is 0.414. The van der Waals surface area contributed by atoms with Crippen LogP contribution in [-0.4, -0.2) is 97.1 Å². The summed E-state index contributed by atoms with van der Waals surface area (Å²) in [4.78, 5) is 32.5. The van der Waals surface area contributed by atoms with Crippen LogP contribution in [0.15, 0.2) is 48.7 Å². The van der Waals surface area contributed by atoms with Gasteiger partial charge in [0.1, 0.15) is 17.9 Å². The molecule has 0 saturated carbocycles. The smallest absolute Gasteiger partial charge is 0.227 e. The Morgan fingerprint density at radius 2 is 1.76 bits per heavy atom. The summed E-state index contributed by atoms with van der Waals surface area (Å²) < 4.78 is 0. The van der Waals surface area contributed by atoms with Crippen LogP contribution in [0.25, 0.3) is 10.8 Å². The van der Waals surface area contributed by atoms with Crippen LogP contribution in [0.3, 0.4) is 0 Å². The Kier molecular flexibility index (Phi) is 6.53. The van der Waals surface area contributed by atoms with Gasteiger partial charge in [0.25, 0.3) is 0 Å². The van der Waals surface area contributed by atoms with Gasteiger partial charge in [0.05, 0.1) is 12.2 Å². The van der Waals surface area contributed by atoms with Crippen molar-refractivity contribution in [1.82, 2.24) is 19.8 Å². The Morgan fingerprint density at radius 1 is 0.974 bits per heavy atom. The molecule has 2 aromatic carbocycles. The molecule has 3 aromatic rings. The number of hydrogen-bond donors (Lipinski definition) is 1. The fourth-order valence-corrected chi connectivity index (χ4v) is 5.73. The van der Waals surface area contributed by atoms with Crippen LogP contribution in [0.1, 0.15) is 11.3 Å². The Morgan fingerprint density at radius 3 is 2.53 bits per heavy atom. The highest BCUT2D eigenvalue weighted by Gasteiger charge is 2.33. The second kappa shape index (κ2) is 10.1. The van der Waals surface area contributed by atoms with Crippen molar-refractivity contribution in [3.8, 4) is 5.75 Å². The highest BCUT2D eigenvalue weighted by molar-refractivity contribution is 5.95. The minimum Gasteiger partial charge on any atom is -0.508 e. The van der Waals surface area contributed by atoms with Gasteiger partial charge < -0.3 is 29.6 Å². The molecule has 198 valence electrons. The van der Waals surface area contributed by atoms with Crippen LogP contribution in [0.2, 0.25) is 0 Å². The van der Waals surface area contributed by atoms with E-state index in [4.69, 9.17) is 9.97 Å². The molecule has 0 unspecified atom stereocenters. The number of likely N-dealkylation sites (N-methyl/N-ethyl adjacent to an activating group) is 1. The molecule has 9 heteroatoms. The first-order chi connectivity index (χ1) is 18.5. The molecule has 6 rings (SSSR count). The Labute approximate surface area is 223 Å². The van der Waals surface area contributed by atoms with Crippen LogP contribution in [0, 0.1) is 0 Å². The summed E-state index contributed by atoms with van der Waals surface area (Å²) in [6.07, 6.45) is 5.12. The first kappa shape index (κ1) is 24.5. The lowest BCUT2D eigenvalue weighted by Crippen LogP contribution is -2.58. The molecule has 3 aliphatic heterocycles. The fourth-order valence-electron chi connectivity index (χ4n) is 5.73. The van der Waals surface area contributed by atoms with E-state index in [1.807, 2.05) is 36.5 Å². The summed E-state index contributed by atoms with van der Waals surface area (Å²) >= 11 is 0. The third kappa shape index (κ3) is 4.62. The monoisotopic (exact) mass is 513 g/mol. The van der Waals surface area contributed by atoms with E-state index < -0.39 is 0 Å². The predicted octanol–water partition coefficient (Wildman–Crippen LogP) is 2.48. The molecule has 1 aromatic heterocycles. The quantitative estimate of drug-likeness (QED) is 0.395. The molecule has 4 heterocycles. The maximum atomic E-state index is 10.7. The van der Waals surface area contributed by atoms with Crippen LogP contribution < -0.4 is 14.7 Å². The molecule has 2 saturated heterocycles. The molecule has 0 bridgehead atoms. The molecule has 0 radical (unpaired) electrons. The van der Waals surface area contributed by atoms with Gasteiger partial charge in [0.15, 0.2) is 0 Å². The topological polar surface area (TPSA) is 79.3 Å². The molecular weight excluding hydrogens is 478 g/mol. The molecule has 9 nitrogen and oxygen atoms in total. The maximum absolute atomic E-state index is 10.7. The van der Waals surface area contributed by atoms with Gasteiger partial charge >= 0.3 is 0 Å². The number of carbonyl (C=O) groups is 1. The van der Waals surface area contributed by atoms with E-state index in [1.165, 1.54) is 5.56 Å². The minimum absolute atomic E-state index is 0.283. The number of anilines is 3. The van der Waals surface area contributed by atoms with Crippen LogP contribution in [-0.2, 0) is 17.8 Å². The second-order valence-electron chi connectivity index (χ2n) is 10.7. The van der Waals surface area contributed by atoms with Gasteiger partial charge in [-0.25, -0.2) is 4.98 Å². The molecule has 3 aliphatic rings. The summed E-state index contributed by atoms with van der Waals surface area (Å²) in [7, 11) is 4.24. The number of hydrogen-bond acceptors (Lipinski definition) is 9. The molecule has 38 heavy (non-hydrogen) atoms. The zero-order valence-corrected chi connectivity index (χ0v) is 22.1. The molecule has 1 N–H and O–H groups in total. The average molecular weight is 514 g/mol. The van der Waals surface area contributed by atoms with E-state index in [0.29, 0.717) is 12.6 Å². The molecule has 0 atom stereocenters. The first-order valence-electron chi connectivity index (χ1n) is 13.4. The van der Waals surface area contributed by atoms with Crippen molar-refractivity contribution in [2.45, 2.75) is 19.0 Å². The molecule has 0 aliphatic carbocycles. The molecular formula is C29H35N7O2. The molecule has 2 fully saturated rings. The van der Waals surface area contributed by atoms with Crippen LogP contribution in [0.4, 0.5) is 17.5 Å². The minimum atomic E-state index is 0.283. The highest BCUT2D eigenvalue weighted by Crippen LogP contribution is 2.37. The number of aromatic hydroxyl groups is 1. The Hall–Kier alpha value is -3.85. The lowest BCUT2D eigenvalue weighted by Gasteiger charge is -2.44. The van der Waals surface area contributed by atoms with E-state index in [-0.39, 0.29) is 5.75 Å². The number of rotatable bonds is 6. The highest BCUT2D eigenvalue weighted by atomic mass is 16.3.